The molecule has 19 heavy (non-hydrogen) atoms. The van der Waals surface area contributed by atoms with Crippen molar-refractivity contribution < 1.29 is 8.42 Å². The Morgan fingerprint density at radius 3 is 2.74 bits per heavy atom. The highest BCUT2D eigenvalue weighted by atomic mass is 32.2. The van der Waals surface area contributed by atoms with Gasteiger partial charge in [0.25, 0.3) is 0 Å². The molecule has 0 amide bonds. The molecule has 0 bridgehead atoms. The van der Waals surface area contributed by atoms with E-state index in [2.05, 4.69) is 14.9 Å². The lowest BCUT2D eigenvalue weighted by molar-refractivity contribution is 0.580. The van der Waals surface area contributed by atoms with Gasteiger partial charge in [-0.15, -0.1) is 0 Å². The first-order chi connectivity index (χ1) is 8.90. The lowest BCUT2D eigenvalue weighted by Crippen LogP contribution is -2.24. The van der Waals surface area contributed by atoms with Gasteiger partial charge < -0.3 is 5.73 Å². The number of nitrogen functional groups attached to an aromatic ring is 1. The molecule has 0 fully saturated rings. The molecule has 0 radical (unpaired) electrons. The van der Waals surface area contributed by atoms with E-state index < -0.39 is 10.0 Å². The minimum Gasteiger partial charge on any atom is -0.399 e. The molecule has 0 aliphatic rings. The molecule has 2 aromatic rings. The number of hydrogen-bond donors (Lipinski definition) is 3. The average molecular weight is 280 g/mol. The van der Waals surface area contributed by atoms with Crippen molar-refractivity contribution in [3.05, 3.63) is 41.2 Å². The molecule has 6 nitrogen and oxygen atoms in total. The minimum atomic E-state index is -3.58. The predicted octanol–water partition coefficient (Wildman–Crippen LogP) is 1.09. The second-order valence-corrected chi connectivity index (χ2v) is 6.11. The van der Waals surface area contributed by atoms with Crippen LogP contribution in [0, 0.1) is 13.8 Å². The number of aromatic amines is 1. The largest absolute Gasteiger partial charge is 0.399 e. The Balaban J connectivity index is 2.23. The van der Waals surface area contributed by atoms with Crippen LogP contribution in [0.5, 0.6) is 0 Å². The molecule has 102 valence electrons. The first-order valence-corrected chi connectivity index (χ1v) is 7.23. The molecule has 1 heterocycles. The summed E-state index contributed by atoms with van der Waals surface area (Å²) in [5.41, 5.74) is 8.36. The molecule has 1 aromatic heterocycles. The van der Waals surface area contributed by atoms with Crippen molar-refractivity contribution in [3.8, 4) is 0 Å². The Bertz CT molecular complexity index is 692. The second-order valence-electron chi connectivity index (χ2n) is 4.37. The number of nitrogens with two attached hydrogens (primary N) is 1. The number of nitrogens with one attached hydrogen (secondary N) is 2. The number of aryl methyl sites for hydroxylation is 2. The van der Waals surface area contributed by atoms with E-state index in [1.54, 1.807) is 25.3 Å². The lowest BCUT2D eigenvalue weighted by Gasteiger charge is -2.09. The summed E-state index contributed by atoms with van der Waals surface area (Å²) in [6.45, 7) is 3.76. The first-order valence-electron chi connectivity index (χ1n) is 5.75. The second kappa shape index (κ2) is 5.02. The van der Waals surface area contributed by atoms with Gasteiger partial charge in [0.2, 0.25) is 10.0 Å². The van der Waals surface area contributed by atoms with Gasteiger partial charge in [0.05, 0.1) is 11.1 Å². The van der Waals surface area contributed by atoms with Crippen LogP contribution >= 0.6 is 0 Å². The maximum absolute atomic E-state index is 12.2. The van der Waals surface area contributed by atoms with Gasteiger partial charge in [-0.2, -0.15) is 5.10 Å². The Labute approximate surface area is 112 Å². The standard InChI is InChI=1S/C12H16N4O2S/c1-8-3-4-11(13)5-12(8)19(17,18)15-7-10-6-14-16-9(10)2/h3-6,15H,7,13H2,1-2H3,(H,14,16). The van der Waals surface area contributed by atoms with E-state index in [4.69, 9.17) is 5.73 Å². The third-order valence-corrected chi connectivity index (χ3v) is 4.43. The first kappa shape index (κ1) is 13.6. The van der Waals surface area contributed by atoms with E-state index >= 15 is 0 Å². The molecule has 1 aromatic carbocycles. The molecule has 7 heteroatoms. The quantitative estimate of drug-likeness (QED) is 0.730. The summed E-state index contributed by atoms with van der Waals surface area (Å²) in [5.74, 6) is 0. The van der Waals surface area contributed by atoms with Crippen molar-refractivity contribution in [2.75, 3.05) is 5.73 Å². The van der Waals surface area contributed by atoms with Crippen LogP contribution in [-0.4, -0.2) is 18.6 Å². The van der Waals surface area contributed by atoms with E-state index in [0.717, 1.165) is 11.3 Å². The minimum absolute atomic E-state index is 0.193. The average Bonchev–Trinajstić information content (AvgIpc) is 2.75. The lowest BCUT2D eigenvalue weighted by atomic mass is 10.2. The summed E-state index contributed by atoms with van der Waals surface area (Å²) < 4.78 is 27.0. The summed E-state index contributed by atoms with van der Waals surface area (Å²) in [7, 11) is -3.58. The zero-order valence-corrected chi connectivity index (χ0v) is 11.6. The maximum Gasteiger partial charge on any atom is 0.241 e. The van der Waals surface area contributed by atoms with Gasteiger partial charge in [0.15, 0.2) is 0 Å². The summed E-state index contributed by atoms with van der Waals surface area (Å²) in [4.78, 5) is 0.202. The summed E-state index contributed by atoms with van der Waals surface area (Å²) in [6.07, 6.45) is 1.60. The smallest absolute Gasteiger partial charge is 0.241 e. The SMILES string of the molecule is Cc1ccc(N)cc1S(=O)(=O)NCc1cn[nH]c1C. The maximum atomic E-state index is 12.2. The van der Waals surface area contributed by atoms with Crippen LogP contribution in [0.3, 0.4) is 0 Å². The fourth-order valence-electron chi connectivity index (χ4n) is 1.71. The van der Waals surface area contributed by atoms with Crippen molar-refractivity contribution >= 4 is 15.7 Å². The zero-order chi connectivity index (χ0) is 14.0. The molecule has 0 saturated heterocycles. The van der Waals surface area contributed by atoms with Crippen molar-refractivity contribution in [2.24, 2.45) is 0 Å². The van der Waals surface area contributed by atoms with E-state index in [1.807, 2.05) is 6.92 Å². The van der Waals surface area contributed by atoms with Crippen LogP contribution in [0.2, 0.25) is 0 Å². The van der Waals surface area contributed by atoms with Gasteiger partial charge in [-0.3, -0.25) is 5.10 Å². The Hall–Kier alpha value is -1.86. The number of hydrogen-bond acceptors (Lipinski definition) is 4. The molecular weight excluding hydrogens is 264 g/mol. The Morgan fingerprint density at radius 2 is 2.11 bits per heavy atom. The van der Waals surface area contributed by atoms with Crippen molar-refractivity contribution in [3.63, 3.8) is 0 Å². The van der Waals surface area contributed by atoms with E-state index in [-0.39, 0.29) is 11.4 Å². The van der Waals surface area contributed by atoms with Crippen molar-refractivity contribution in [1.29, 1.82) is 0 Å². The third kappa shape index (κ3) is 2.94. The molecular formula is C12H16N4O2S. The number of H-pyrrole nitrogens is 1. The van der Waals surface area contributed by atoms with Crippen LogP contribution in [0.15, 0.2) is 29.3 Å². The van der Waals surface area contributed by atoms with Gasteiger partial charge in [-0.1, -0.05) is 6.07 Å². The molecule has 0 aliphatic carbocycles. The molecule has 0 atom stereocenters. The predicted molar refractivity (Wildman–Crippen MR) is 72.9 cm³/mol. The number of sulfonamides is 1. The monoisotopic (exact) mass is 280 g/mol. The zero-order valence-electron chi connectivity index (χ0n) is 10.8. The number of nitrogens with zero attached hydrogens (tertiary/aromatic N) is 1. The Morgan fingerprint density at radius 1 is 1.37 bits per heavy atom. The molecule has 2 rings (SSSR count). The summed E-state index contributed by atoms with van der Waals surface area (Å²) in [6, 6.07) is 4.82. The fourth-order valence-corrected chi connectivity index (χ4v) is 2.99. The third-order valence-electron chi connectivity index (χ3n) is 2.89. The summed E-state index contributed by atoms with van der Waals surface area (Å²) in [5, 5.41) is 6.61. The van der Waals surface area contributed by atoms with Gasteiger partial charge in [-0.05, 0) is 31.5 Å². The van der Waals surface area contributed by atoms with Crippen LogP contribution < -0.4 is 10.5 Å². The topological polar surface area (TPSA) is 101 Å². The van der Waals surface area contributed by atoms with Crippen LogP contribution in [0.4, 0.5) is 5.69 Å². The van der Waals surface area contributed by atoms with Crippen LogP contribution in [-0.2, 0) is 16.6 Å². The fraction of sp³-hybridized carbons (Fsp3) is 0.250. The molecule has 0 aliphatic heterocycles. The highest BCUT2D eigenvalue weighted by molar-refractivity contribution is 7.89. The summed E-state index contributed by atoms with van der Waals surface area (Å²) >= 11 is 0. The number of anilines is 1. The van der Waals surface area contributed by atoms with Crippen molar-refractivity contribution in [2.45, 2.75) is 25.3 Å². The van der Waals surface area contributed by atoms with E-state index in [0.29, 0.717) is 11.3 Å². The molecule has 4 N–H and O–H groups in total. The van der Waals surface area contributed by atoms with Crippen molar-refractivity contribution in [1.82, 2.24) is 14.9 Å². The van der Waals surface area contributed by atoms with E-state index in [9.17, 15) is 8.42 Å². The van der Waals surface area contributed by atoms with Gasteiger partial charge in [-0.25, -0.2) is 13.1 Å². The highest BCUT2D eigenvalue weighted by Crippen LogP contribution is 2.18. The normalized spacial score (nSPS) is 11.7. The van der Waals surface area contributed by atoms with Crippen LogP contribution in [0.1, 0.15) is 16.8 Å². The van der Waals surface area contributed by atoms with Gasteiger partial charge in [0, 0.05) is 23.5 Å². The van der Waals surface area contributed by atoms with E-state index in [1.165, 1.54) is 6.07 Å². The highest BCUT2D eigenvalue weighted by Gasteiger charge is 2.17. The van der Waals surface area contributed by atoms with Gasteiger partial charge in [0.1, 0.15) is 0 Å². The Kier molecular flexibility index (Phi) is 3.59. The van der Waals surface area contributed by atoms with Gasteiger partial charge >= 0.3 is 0 Å². The molecule has 0 spiro atoms. The molecule has 0 saturated carbocycles. The number of rotatable bonds is 4. The van der Waals surface area contributed by atoms with Crippen LogP contribution in [0.25, 0.3) is 0 Å². The number of benzene rings is 1. The molecule has 0 unspecified atom stereocenters. The number of aromatic nitrogens is 2.